The highest BCUT2D eigenvalue weighted by Crippen LogP contribution is 2.15. The number of methoxy groups -OCH3 is 1. The largest absolute Gasteiger partial charge is 0.383 e. The molecule has 1 unspecified atom stereocenters. The molecule has 0 aliphatic heterocycles. The summed E-state index contributed by atoms with van der Waals surface area (Å²) in [4.78, 5) is 12.9. The summed E-state index contributed by atoms with van der Waals surface area (Å²) in [6, 6.07) is 10.1. The van der Waals surface area contributed by atoms with Crippen molar-refractivity contribution in [3.63, 3.8) is 0 Å². The maximum Gasteiger partial charge on any atom is 0.236 e. The Morgan fingerprint density at radius 2 is 2.05 bits per heavy atom. The predicted octanol–water partition coefficient (Wildman–Crippen LogP) is 1.52. The highest BCUT2D eigenvalue weighted by molar-refractivity contribution is 7.99. The molecule has 0 heterocycles. The van der Waals surface area contributed by atoms with Crippen LogP contribution < -0.4 is 10.6 Å². The van der Waals surface area contributed by atoms with Gasteiger partial charge in [-0.15, -0.1) is 11.8 Å². The first kappa shape index (κ1) is 16.0. The van der Waals surface area contributed by atoms with E-state index in [0.29, 0.717) is 13.2 Å². The Morgan fingerprint density at radius 3 is 2.74 bits per heavy atom. The second kappa shape index (κ2) is 9.83. The quantitative estimate of drug-likeness (QED) is 0.532. The van der Waals surface area contributed by atoms with Crippen molar-refractivity contribution in [1.29, 1.82) is 0 Å². The topological polar surface area (TPSA) is 50.4 Å². The molecule has 0 fully saturated rings. The maximum atomic E-state index is 11.6. The van der Waals surface area contributed by atoms with E-state index in [9.17, 15) is 4.79 Å². The van der Waals surface area contributed by atoms with Crippen LogP contribution in [0.2, 0.25) is 0 Å². The van der Waals surface area contributed by atoms with Gasteiger partial charge in [0.15, 0.2) is 0 Å². The van der Waals surface area contributed by atoms with E-state index in [0.717, 1.165) is 12.3 Å². The van der Waals surface area contributed by atoms with Gasteiger partial charge in [-0.3, -0.25) is 4.79 Å². The van der Waals surface area contributed by atoms with Crippen LogP contribution in [-0.4, -0.2) is 44.5 Å². The zero-order chi connectivity index (χ0) is 13.9. The molecule has 1 atom stereocenters. The minimum atomic E-state index is -0.173. The summed E-state index contributed by atoms with van der Waals surface area (Å²) < 4.78 is 4.88. The van der Waals surface area contributed by atoms with E-state index in [1.165, 1.54) is 4.90 Å². The first-order valence-electron chi connectivity index (χ1n) is 6.42. The SMILES string of the molecule is COCCNC(=O)C(C)NCCSc1ccccc1. The van der Waals surface area contributed by atoms with Gasteiger partial charge in [-0.2, -0.15) is 0 Å². The number of nitrogens with one attached hydrogen (secondary N) is 2. The standard InChI is InChI=1S/C14H22N2O2S/c1-12(14(17)16-8-10-18-2)15-9-11-19-13-6-4-3-5-7-13/h3-7,12,15H,8-11H2,1-2H3,(H,16,17). The molecule has 1 rings (SSSR count). The van der Waals surface area contributed by atoms with Gasteiger partial charge in [-0.1, -0.05) is 18.2 Å². The first-order chi connectivity index (χ1) is 9.24. The summed E-state index contributed by atoms with van der Waals surface area (Å²) in [6.07, 6.45) is 0. The molecule has 5 heteroatoms. The number of ether oxygens (including phenoxy) is 1. The normalized spacial score (nSPS) is 12.1. The third-order valence-corrected chi connectivity index (χ3v) is 3.58. The van der Waals surface area contributed by atoms with Crippen LogP contribution in [0.15, 0.2) is 35.2 Å². The van der Waals surface area contributed by atoms with Crippen LogP contribution in [0.25, 0.3) is 0 Å². The van der Waals surface area contributed by atoms with Gasteiger partial charge in [0.2, 0.25) is 5.91 Å². The van der Waals surface area contributed by atoms with Gasteiger partial charge < -0.3 is 15.4 Å². The van der Waals surface area contributed by atoms with Gasteiger partial charge in [0, 0.05) is 30.8 Å². The van der Waals surface area contributed by atoms with E-state index >= 15 is 0 Å². The van der Waals surface area contributed by atoms with E-state index in [1.54, 1.807) is 18.9 Å². The average molecular weight is 282 g/mol. The smallest absolute Gasteiger partial charge is 0.236 e. The number of hydrogen-bond acceptors (Lipinski definition) is 4. The lowest BCUT2D eigenvalue weighted by molar-refractivity contribution is -0.122. The number of rotatable bonds is 9. The van der Waals surface area contributed by atoms with Crippen molar-refractivity contribution in [2.24, 2.45) is 0 Å². The predicted molar refractivity (Wildman–Crippen MR) is 79.5 cm³/mol. The highest BCUT2D eigenvalue weighted by Gasteiger charge is 2.10. The fourth-order valence-electron chi connectivity index (χ4n) is 1.48. The number of carbonyl (C=O) groups is 1. The first-order valence-corrected chi connectivity index (χ1v) is 7.40. The van der Waals surface area contributed by atoms with E-state index in [1.807, 2.05) is 25.1 Å². The Bertz CT molecular complexity index is 360. The molecule has 0 bridgehead atoms. The maximum absolute atomic E-state index is 11.6. The molecule has 19 heavy (non-hydrogen) atoms. The lowest BCUT2D eigenvalue weighted by atomic mass is 10.3. The summed E-state index contributed by atoms with van der Waals surface area (Å²) in [5, 5.41) is 6.01. The van der Waals surface area contributed by atoms with Crippen LogP contribution in [0.4, 0.5) is 0 Å². The summed E-state index contributed by atoms with van der Waals surface area (Å²) in [5.41, 5.74) is 0. The molecule has 0 aliphatic carbocycles. The van der Waals surface area contributed by atoms with Crippen molar-refractivity contribution >= 4 is 17.7 Å². The van der Waals surface area contributed by atoms with Crippen molar-refractivity contribution in [3.05, 3.63) is 30.3 Å². The van der Waals surface area contributed by atoms with Crippen molar-refractivity contribution in [3.8, 4) is 0 Å². The molecule has 106 valence electrons. The number of carbonyl (C=O) groups excluding carboxylic acids is 1. The zero-order valence-electron chi connectivity index (χ0n) is 11.5. The zero-order valence-corrected chi connectivity index (χ0v) is 12.3. The molecule has 1 aromatic carbocycles. The number of benzene rings is 1. The van der Waals surface area contributed by atoms with Gasteiger partial charge >= 0.3 is 0 Å². The van der Waals surface area contributed by atoms with Crippen LogP contribution in [0, 0.1) is 0 Å². The Morgan fingerprint density at radius 1 is 1.32 bits per heavy atom. The number of hydrogen-bond donors (Lipinski definition) is 2. The van der Waals surface area contributed by atoms with Gasteiger partial charge in [0.05, 0.1) is 12.6 Å². The minimum absolute atomic E-state index is 0.0155. The molecule has 2 N–H and O–H groups in total. The fourth-order valence-corrected chi connectivity index (χ4v) is 2.29. The lowest BCUT2D eigenvalue weighted by Gasteiger charge is -2.13. The van der Waals surface area contributed by atoms with Crippen molar-refractivity contribution in [2.75, 3.05) is 32.6 Å². The molecule has 0 spiro atoms. The summed E-state index contributed by atoms with van der Waals surface area (Å²) in [6.45, 7) is 3.77. The molecule has 1 amide bonds. The van der Waals surface area contributed by atoms with Crippen molar-refractivity contribution in [1.82, 2.24) is 10.6 Å². The summed E-state index contributed by atoms with van der Waals surface area (Å²) >= 11 is 1.78. The molecule has 0 aliphatic rings. The Kier molecular flexibility index (Phi) is 8.29. The van der Waals surface area contributed by atoms with E-state index in [2.05, 4.69) is 22.8 Å². The lowest BCUT2D eigenvalue weighted by Crippen LogP contribution is -2.43. The van der Waals surface area contributed by atoms with Crippen LogP contribution in [0.1, 0.15) is 6.92 Å². The Hall–Kier alpha value is -1.04. The fraction of sp³-hybridized carbons (Fsp3) is 0.500. The molecule has 0 saturated carbocycles. The van der Waals surface area contributed by atoms with Crippen LogP contribution in [-0.2, 0) is 9.53 Å². The van der Waals surface area contributed by atoms with E-state index < -0.39 is 0 Å². The molecule has 1 aromatic rings. The molecule has 0 saturated heterocycles. The van der Waals surface area contributed by atoms with E-state index in [-0.39, 0.29) is 11.9 Å². The van der Waals surface area contributed by atoms with Gasteiger partial charge in [-0.25, -0.2) is 0 Å². The van der Waals surface area contributed by atoms with Crippen molar-refractivity contribution < 1.29 is 9.53 Å². The Balaban J connectivity index is 2.09. The second-order valence-corrected chi connectivity index (χ2v) is 5.29. The third kappa shape index (κ3) is 7.20. The molecule has 0 aromatic heterocycles. The number of thioether (sulfide) groups is 1. The monoisotopic (exact) mass is 282 g/mol. The minimum Gasteiger partial charge on any atom is -0.383 e. The second-order valence-electron chi connectivity index (χ2n) is 4.12. The van der Waals surface area contributed by atoms with Crippen LogP contribution >= 0.6 is 11.8 Å². The van der Waals surface area contributed by atoms with Crippen LogP contribution in [0.3, 0.4) is 0 Å². The van der Waals surface area contributed by atoms with Gasteiger partial charge in [-0.05, 0) is 19.1 Å². The third-order valence-electron chi connectivity index (χ3n) is 2.56. The number of amides is 1. The van der Waals surface area contributed by atoms with Crippen molar-refractivity contribution in [2.45, 2.75) is 17.9 Å². The Labute approximate surface area is 119 Å². The van der Waals surface area contributed by atoms with E-state index in [4.69, 9.17) is 4.74 Å². The molecule has 0 radical (unpaired) electrons. The summed E-state index contributed by atoms with van der Waals surface area (Å²) in [5.74, 6) is 0.960. The molecular formula is C14H22N2O2S. The van der Waals surface area contributed by atoms with Gasteiger partial charge in [0.1, 0.15) is 0 Å². The average Bonchev–Trinajstić information content (AvgIpc) is 2.44. The highest BCUT2D eigenvalue weighted by atomic mass is 32.2. The molecule has 4 nitrogen and oxygen atoms in total. The van der Waals surface area contributed by atoms with Crippen LogP contribution in [0.5, 0.6) is 0 Å². The van der Waals surface area contributed by atoms with Gasteiger partial charge in [0.25, 0.3) is 0 Å². The summed E-state index contributed by atoms with van der Waals surface area (Å²) in [7, 11) is 1.62. The molecular weight excluding hydrogens is 260 g/mol.